The number of rotatable bonds is 14. The van der Waals surface area contributed by atoms with Gasteiger partial charge in [0.2, 0.25) is 0 Å². The lowest BCUT2D eigenvalue weighted by molar-refractivity contribution is -0.132. The molecule has 0 amide bonds. The summed E-state index contributed by atoms with van der Waals surface area (Å²) in [4.78, 5) is 11.4. The summed E-state index contributed by atoms with van der Waals surface area (Å²) >= 11 is 0. The molecule has 0 unspecified atom stereocenters. The van der Waals surface area contributed by atoms with E-state index in [1.807, 2.05) is 20.0 Å². The third kappa shape index (κ3) is 9.85. The second kappa shape index (κ2) is 12.4. The number of hydrogen-bond acceptors (Lipinski definition) is 7. The molecule has 0 N–H and O–H groups in total. The lowest BCUT2D eigenvalue weighted by atomic mass is 9.97. The fourth-order valence-corrected chi connectivity index (χ4v) is 3.42. The minimum absolute atomic E-state index is 0.186. The van der Waals surface area contributed by atoms with Crippen molar-refractivity contribution in [3.05, 3.63) is 35.7 Å². The molecule has 0 saturated carbocycles. The molecule has 2 radical (unpaired) electrons. The normalized spacial score (nSPS) is 12.2. The van der Waals surface area contributed by atoms with Crippen LogP contribution < -0.4 is 9.47 Å². The summed E-state index contributed by atoms with van der Waals surface area (Å²) in [6.07, 6.45) is 3.98. The van der Waals surface area contributed by atoms with Gasteiger partial charge in [-0.1, -0.05) is 23.2 Å². The Morgan fingerprint density at radius 2 is 1.85 bits per heavy atom. The van der Waals surface area contributed by atoms with E-state index in [2.05, 4.69) is 38.0 Å². The van der Waals surface area contributed by atoms with Crippen molar-refractivity contribution < 1.29 is 23.7 Å². The first-order chi connectivity index (χ1) is 15.9. The van der Waals surface area contributed by atoms with Crippen LogP contribution in [-0.4, -0.2) is 52.7 Å². The molecule has 0 bridgehead atoms. The number of esters is 1. The highest BCUT2D eigenvalue weighted by atomic mass is 16.6. The fourth-order valence-electron chi connectivity index (χ4n) is 3.42. The molecule has 1 heterocycles. The first-order valence-corrected chi connectivity index (χ1v) is 11.7. The van der Waals surface area contributed by atoms with Crippen LogP contribution in [-0.2, 0) is 33.7 Å². The minimum Gasteiger partial charge on any atom is -0.483 e. The molecule has 8 nitrogen and oxygen atoms in total. The number of nitrogens with zero attached hydrogens (tertiary/aromatic N) is 3. The summed E-state index contributed by atoms with van der Waals surface area (Å²) in [6.45, 7) is 15.2. The van der Waals surface area contributed by atoms with Gasteiger partial charge in [-0.05, 0) is 66.5 Å². The smallest absolute Gasteiger partial charge is 0.308 e. The van der Waals surface area contributed by atoms with Crippen LogP contribution in [0.15, 0.2) is 24.4 Å². The fraction of sp³-hybridized carbons (Fsp3) is 0.640. The van der Waals surface area contributed by atoms with Gasteiger partial charge in [0, 0.05) is 13.5 Å². The summed E-state index contributed by atoms with van der Waals surface area (Å²) in [6, 6.07) is 5.23. The number of carbonyl (C=O) groups excluding carboxylic acids is 1. The standard InChI is InChI=1S/C25H38BN3O5/c1-18(2)34-25(6,7)11-13-32-24(4,5)10-12-29-16-21(27-28-29)17-31-23-14-20(15-26)8-9-22(23)33-19(3)30/h8-9,14,16,18H,10-13,15,17H2,1-7H3. The Morgan fingerprint density at radius 1 is 1.12 bits per heavy atom. The molecular formula is C25H38BN3O5. The van der Waals surface area contributed by atoms with Crippen LogP contribution in [0.5, 0.6) is 11.5 Å². The number of aryl methyl sites for hydroxylation is 1. The first-order valence-electron chi connectivity index (χ1n) is 11.7. The van der Waals surface area contributed by atoms with Crippen molar-refractivity contribution in [1.29, 1.82) is 0 Å². The Morgan fingerprint density at radius 3 is 2.50 bits per heavy atom. The number of carbonyl (C=O) groups is 1. The monoisotopic (exact) mass is 471 g/mol. The third-order valence-corrected chi connectivity index (χ3v) is 5.15. The van der Waals surface area contributed by atoms with Crippen molar-refractivity contribution >= 4 is 13.8 Å². The van der Waals surface area contributed by atoms with E-state index in [-0.39, 0.29) is 23.9 Å². The van der Waals surface area contributed by atoms with Crippen LogP contribution in [0.4, 0.5) is 0 Å². The van der Waals surface area contributed by atoms with E-state index in [9.17, 15) is 4.79 Å². The molecule has 0 atom stereocenters. The topological polar surface area (TPSA) is 84.7 Å². The first kappa shape index (κ1) is 27.9. The zero-order valence-corrected chi connectivity index (χ0v) is 21.6. The lowest BCUT2D eigenvalue weighted by Crippen LogP contribution is -2.33. The maximum Gasteiger partial charge on any atom is 0.308 e. The lowest BCUT2D eigenvalue weighted by Gasteiger charge is -2.31. The maximum atomic E-state index is 11.4. The van der Waals surface area contributed by atoms with Crippen LogP contribution in [0.1, 0.15) is 72.6 Å². The Balaban J connectivity index is 1.86. The third-order valence-electron chi connectivity index (χ3n) is 5.15. The maximum absolute atomic E-state index is 11.4. The quantitative estimate of drug-likeness (QED) is 0.232. The molecule has 0 aliphatic heterocycles. The van der Waals surface area contributed by atoms with Gasteiger partial charge in [-0.3, -0.25) is 9.48 Å². The Labute approximate surface area is 204 Å². The van der Waals surface area contributed by atoms with Crippen molar-refractivity contribution in [2.45, 2.75) is 98.1 Å². The predicted molar refractivity (Wildman–Crippen MR) is 131 cm³/mol. The van der Waals surface area contributed by atoms with Gasteiger partial charge < -0.3 is 18.9 Å². The zero-order valence-electron chi connectivity index (χ0n) is 21.6. The van der Waals surface area contributed by atoms with Gasteiger partial charge in [0.15, 0.2) is 11.5 Å². The summed E-state index contributed by atoms with van der Waals surface area (Å²) in [5.41, 5.74) is 1.01. The molecule has 186 valence electrons. The van der Waals surface area contributed by atoms with Gasteiger partial charge in [0.05, 0.1) is 38.0 Å². The molecule has 0 saturated heterocycles. The molecule has 0 spiro atoms. The average molecular weight is 471 g/mol. The molecule has 0 aliphatic carbocycles. The van der Waals surface area contributed by atoms with Crippen LogP contribution in [0.2, 0.25) is 0 Å². The van der Waals surface area contributed by atoms with E-state index in [0.29, 0.717) is 36.7 Å². The van der Waals surface area contributed by atoms with Crippen molar-refractivity contribution in [3.8, 4) is 11.5 Å². The molecule has 1 aromatic carbocycles. The van der Waals surface area contributed by atoms with E-state index in [0.717, 1.165) is 18.4 Å². The SMILES string of the molecule is [B]Cc1ccc(OC(C)=O)c(OCc2cn(CCC(C)(C)OCCC(C)(C)OC(C)C)nn2)c1. The van der Waals surface area contributed by atoms with Crippen molar-refractivity contribution in [2.75, 3.05) is 6.61 Å². The number of ether oxygens (including phenoxy) is 4. The molecule has 0 fully saturated rings. The highest BCUT2D eigenvalue weighted by molar-refractivity contribution is 6.08. The van der Waals surface area contributed by atoms with Crippen LogP contribution in [0.25, 0.3) is 0 Å². The van der Waals surface area contributed by atoms with E-state index in [4.69, 9.17) is 26.8 Å². The molecule has 2 aromatic rings. The molecule has 0 aliphatic rings. The Kier molecular flexibility index (Phi) is 10.1. The number of aromatic nitrogens is 3. The van der Waals surface area contributed by atoms with Gasteiger partial charge >= 0.3 is 5.97 Å². The highest BCUT2D eigenvalue weighted by Crippen LogP contribution is 2.29. The molecule has 9 heteroatoms. The molecular weight excluding hydrogens is 433 g/mol. The molecule has 34 heavy (non-hydrogen) atoms. The van der Waals surface area contributed by atoms with Crippen LogP contribution in [0.3, 0.4) is 0 Å². The van der Waals surface area contributed by atoms with Gasteiger partial charge in [0.1, 0.15) is 12.3 Å². The van der Waals surface area contributed by atoms with Gasteiger partial charge in [0.25, 0.3) is 0 Å². The van der Waals surface area contributed by atoms with E-state index in [1.165, 1.54) is 6.92 Å². The largest absolute Gasteiger partial charge is 0.483 e. The average Bonchev–Trinajstić information content (AvgIpc) is 3.18. The Bertz CT molecular complexity index is 927. The van der Waals surface area contributed by atoms with Crippen LogP contribution in [0, 0.1) is 0 Å². The molecule has 2 rings (SSSR count). The Hall–Kier alpha value is -2.39. The summed E-state index contributed by atoms with van der Waals surface area (Å²) < 4.78 is 24.9. The zero-order chi connectivity index (χ0) is 25.4. The van der Waals surface area contributed by atoms with Gasteiger partial charge in [-0.15, -0.1) is 5.10 Å². The summed E-state index contributed by atoms with van der Waals surface area (Å²) in [5.74, 6) is 0.363. The van der Waals surface area contributed by atoms with Gasteiger partial charge in [-0.25, -0.2) is 0 Å². The number of hydrogen-bond donors (Lipinski definition) is 0. The van der Waals surface area contributed by atoms with Crippen molar-refractivity contribution in [2.24, 2.45) is 0 Å². The second-order valence-electron chi connectivity index (χ2n) is 9.87. The number of benzene rings is 1. The second-order valence-corrected chi connectivity index (χ2v) is 9.87. The summed E-state index contributed by atoms with van der Waals surface area (Å²) in [7, 11) is 5.71. The minimum atomic E-state index is -0.419. The summed E-state index contributed by atoms with van der Waals surface area (Å²) in [5, 5.41) is 8.38. The van der Waals surface area contributed by atoms with Gasteiger partial charge in [-0.2, -0.15) is 0 Å². The van der Waals surface area contributed by atoms with Crippen LogP contribution >= 0.6 is 0 Å². The molecule has 1 aromatic heterocycles. The highest BCUT2D eigenvalue weighted by Gasteiger charge is 2.24. The van der Waals surface area contributed by atoms with E-state index >= 15 is 0 Å². The van der Waals surface area contributed by atoms with E-state index in [1.54, 1.807) is 22.9 Å². The van der Waals surface area contributed by atoms with E-state index < -0.39 is 5.97 Å². The van der Waals surface area contributed by atoms with Crippen molar-refractivity contribution in [3.63, 3.8) is 0 Å². The predicted octanol–water partition coefficient (Wildman–Crippen LogP) is 4.23. The van der Waals surface area contributed by atoms with Crippen molar-refractivity contribution in [1.82, 2.24) is 15.0 Å².